The van der Waals surface area contributed by atoms with Crippen molar-refractivity contribution in [3.05, 3.63) is 69.2 Å². The van der Waals surface area contributed by atoms with Crippen LogP contribution in [0.1, 0.15) is 24.0 Å². The van der Waals surface area contributed by atoms with Crippen molar-refractivity contribution in [2.45, 2.75) is 32.4 Å². The molecule has 26 heavy (non-hydrogen) atoms. The number of carbonyl (C=O) groups excluding carboxylic acids is 1. The minimum absolute atomic E-state index is 0.0527. The lowest BCUT2D eigenvalue weighted by molar-refractivity contribution is -0.132. The maximum atomic E-state index is 12.7. The van der Waals surface area contributed by atoms with Crippen LogP contribution in [-0.2, 0) is 24.3 Å². The molecule has 1 amide bonds. The summed E-state index contributed by atoms with van der Waals surface area (Å²) < 4.78 is 6.72. The molecule has 1 aliphatic heterocycles. The van der Waals surface area contributed by atoms with Gasteiger partial charge in [-0.05, 0) is 36.1 Å². The van der Waals surface area contributed by atoms with Gasteiger partial charge in [-0.2, -0.15) is 0 Å². The van der Waals surface area contributed by atoms with Crippen molar-refractivity contribution >= 4 is 28.6 Å². The first-order valence-corrected chi connectivity index (χ1v) is 9.13. The van der Waals surface area contributed by atoms with E-state index in [0.29, 0.717) is 29.2 Å². The summed E-state index contributed by atoms with van der Waals surface area (Å²) in [5.74, 6) is -0.409. The van der Waals surface area contributed by atoms with Crippen LogP contribution in [-0.4, -0.2) is 21.9 Å². The fraction of sp³-hybridized carbons (Fsp3) is 0.300. The van der Waals surface area contributed by atoms with E-state index < -0.39 is 5.76 Å². The fourth-order valence-corrected chi connectivity index (χ4v) is 3.69. The molecular formula is C20H19ClN2O3. The Morgan fingerprint density at radius 1 is 1.15 bits per heavy atom. The van der Waals surface area contributed by atoms with Crippen molar-refractivity contribution in [2.24, 2.45) is 0 Å². The van der Waals surface area contributed by atoms with Crippen LogP contribution in [0.5, 0.6) is 0 Å². The molecule has 0 spiro atoms. The van der Waals surface area contributed by atoms with Crippen molar-refractivity contribution in [1.82, 2.24) is 9.47 Å². The van der Waals surface area contributed by atoms with E-state index in [4.69, 9.17) is 16.0 Å². The van der Waals surface area contributed by atoms with E-state index in [1.54, 1.807) is 18.2 Å². The van der Waals surface area contributed by atoms with Gasteiger partial charge in [0.05, 0.1) is 5.52 Å². The predicted molar refractivity (Wildman–Crippen MR) is 100 cm³/mol. The molecule has 0 saturated carbocycles. The Kier molecular flexibility index (Phi) is 4.55. The molecule has 0 unspecified atom stereocenters. The number of amides is 1. The number of hydrogen-bond donors (Lipinski definition) is 0. The summed E-state index contributed by atoms with van der Waals surface area (Å²) in [6.45, 7) is 1.67. The second kappa shape index (κ2) is 7.00. The Hall–Kier alpha value is -2.53. The fourth-order valence-electron chi connectivity index (χ4n) is 3.53. The molecule has 0 N–H and O–H groups in total. The van der Waals surface area contributed by atoms with Crippen molar-refractivity contribution in [2.75, 3.05) is 6.54 Å². The zero-order valence-corrected chi connectivity index (χ0v) is 15.0. The Morgan fingerprint density at radius 2 is 1.96 bits per heavy atom. The zero-order valence-electron chi connectivity index (χ0n) is 14.3. The first kappa shape index (κ1) is 16.9. The topological polar surface area (TPSA) is 55.5 Å². The minimum atomic E-state index is -0.462. The van der Waals surface area contributed by atoms with Crippen molar-refractivity contribution in [3.63, 3.8) is 0 Å². The molecule has 1 aromatic heterocycles. The maximum absolute atomic E-state index is 12.7. The average Bonchev–Trinajstić information content (AvgIpc) is 2.80. The molecule has 0 aliphatic carbocycles. The van der Waals surface area contributed by atoms with Crippen LogP contribution in [0.15, 0.2) is 51.7 Å². The summed E-state index contributed by atoms with van der Waals surface area (Å²) in [6, 6.07) is 13.3. The van der Waals surface area contributed by atoms with E-state index in [2.05, 4.69) is 12.1 Å². The molecule has 0 atom stereocenters. The van der Waals surface area contributed by atoms with Crippen LogP contribution in [0.3, 0.4) is 0 Å². The molecule has 2 aromatic carbocycles. The van der Waals surface area contributed by atoms with Crippen molar-refractivity contribution < 1.29 is 9.21 Å². The van der Waals surface area contributed by atoms with Crippen molar-refractivity contribution in [3.8, 4) is 0 Å². The van der Waals surface area contributed by atoms with Gasteiger partial charge in [0.2, 0.25) is 5.91 Å². The largest absolute Gasteiger partial charge is 0.419 e. The molecular weight excluding hydrogens is 352 g/mol. The molecule has 2 heterocycles. The van der Waals surface area contributed by atoms with Crippen LogP contribution < -0.4 is 5.76 Å². The number of oxazole rings is 1. The van der Waals surface area contributed by atoms with Crippen LogP contribution >= 0.6 is 11.6 Å². The monoisotopic (exact) mass is 370 g/mol. The lowest BCUT2D eigenvalue weighted by atomic mass is 10.0. The predicted octanol–water partition coefficient (Wildman–Crippen LogP) is 3.61. The number of hydrogen-bond acceptors (Lipinski definition) is 3. The summed E-state index contributed by atoms with van der Waals surface area (Å²) in [5, 5.41) is 0.512. The van der Waals surface area contributed by atoms with E-state index in [0.717, 1.165) is 19.4 Å². The highest BCUT2D eigenvalue weighted by Gasteiger charge is 2.19. The number of aryl methyl sites for hydroxylation is 2. The zero-order chi connectivity index (χ0) is 18.1. The third-order valence-electron chi connectivity index (χ3n) is 4.89. The first-order chi connectivity index (χ1) is 12.6. The lowest BCUT2D eigenvalue weighted by Gasteiger charge is -2.21. The van der Waals surface area contributed by atoms with Gasteiger partial charge in [0.25, 0.3) is 0 Å². The molecule has 0 radical (unpaired) electrons. The number of aromatic nitrogens is 1. The molecule has 4 rings (SSSR count). The number of benzene rings is 2. The van der Waals surface area contributed by atoms with Gasteiger partial charge in [-0.15, -0.1) is 0 Å². The standard InChI is InChI=1S/C20H19ClN2O3/c21-16-7-8-17-18(12-16)26-20(25)23(17)11-9-19(24)22-10-3-6-14-4-1-2-5-15(14)13-22/h1-2,4-5,7-8,12H,3,6,9-11,13H2. The number of nitrogens with zero attached hydrogens (tertiary/aromatic N) is 2. The Balaban J connectivity index is 1.49. The summed E-state index contributed by atoms with van der Waals surface area (Å²) in [4.78, 5) is 26.7. The van der Waals surface area contributed by atoms with E-state index in [9.17, 15) is 9.59 Å². The van der Waals surface area contributed by atoms with Gasteiger partial charge in [0.15, 0.2) is 5.58 Å². The highest BCUT2D eigenvalue weighted by atomic mass is 35.5. The lowest BCUT2D eigenvalue weighted by Crippen LogP contribution is -2.32. The second-order valence-corrected chi connectivity index (χ2v) is 7.01. The van der Waals surface area contributed by atoms with Gasteiger partial charge in [-0.3, -0.25) is 9.36 Å². The highest BCUT2D eigenvalue weighted by molar-refractivity contribution is 6.31. The average molecular weight is 371 g/mol. The highest BCUT2D eigenvalue weighted by Crippen LogP contribution is 2.20. The number of halogens is 1. The van der Waals surface area contributed by atoms with Gasteiger partial charge < -0.3 is 9.32 Å². The third-order valence-corrected chi connectivity index (χ3v) is 5.12. The molecule has 134 valence electrons. The Bertz CT molecular complexity index is 1020. The molecule has 1 aliphatic rings. The van der Waals surface area contributed by atoms with Crippen LogP contribution in [0.4, 0.5) is 0 Å². The van der Waals surface area contributed by atoms with Gasteiger partial charge in [-0.25, -0.2) is 4.79 Å². The quantitative estimate of drug-likeness (QED) is 0.707. The van der Waals surface area contributed by atoms with Gasteiger partial charge in [0, 0.05) is 37.1 Å². The SMILES string of the molecule is O=C(CCn1c(=O)oc2cc(Cl)ccc21)N1CCCc2ccccc2C1. The molecule has 6 heteroatoms. The van der Waals surface area contributed by atoms with Crippen LogP contribution in [0, 0.1) is 0 Å². The van der Waals surface area contributed by atoms with Gasteiger partial charge in [-0.1, -0.05) is 35.9 Å². The first-order valence-electron chi connectivity index (χ1n) is 8.75. The molecule has 5 nitrogen and oxygen atoms in total. The van der Waals surface area contributed by atoms with Crippen LogP contribution in [0.25, 0.3) is 11.1 Å². The summed E-state index contributed by atoms with van der Waals surface area (Å²) >= 11 is 5.93. The van der Waals surface area contributed by atoms with E-state index in [1.807, 2.05) is 17.0 Å². The van der Waals surface area contributed by atoms with E-state index in [1.165, 1.54) is 15.7 Å². The van der Waals surface area contributed by atoms with Crippen LogP contribution in [0.2, 0.25) is 5.02 Å². The van der Waals surface area contributed by atoms with Gasteiger partial charge in [0.1, 0.15) is 0 Å². The molecule has 3 aromatic rings. The number of carbonyl (C=O) groups is 1. The summed E-state index contributed by atoms with van der Waals surface area (Å²) in [7, 11) is 0. The van der Waals surface area contributed by atoms with E-state index >= 15 is 0 Å². The third kappa shape index (κ3) is 3.27. The Morgan fingerprint density at radius 3 is 2.81 bits per heavy atom. The number of fused-ring (bicyclic) bond motifs is 2. The summed E-state index contributed by atoms with van der Waals surface area (Å²) in [6.07, 6.45) is 2.21. The minimum Gasteiger partial charge on any atom is -0.408 e. The normalized spacial score (nSPS) is 14.3. The maximum Gasteiger partial charge on any atom is 0.419 e. The Labute approximate surface area is 155 Å². The van der Waals surface area contributed by atoms with Gasteiger partial charge >= 0.3 is 5.76 Å². The number of rotatable bonds is 3. The molecule has 0 saturated heterocycles. The van der Waals surface area contributed by atoms with Crippen molar-refractivity contribution in [1.29, 1.82) is 0 Å². The molecule has 0 bridgehead atoms. The smallest absolute Gasteiger partial charge is 0.408 e. The second-order valence-electron chi connectivity index (χ2n) is 6.57. The van der Waals surface area contributed by atoms with E-state index in [-0.39, 0.29) is 12.3 Å². The summed E-state index contributed by atoms with van der Waals surface area (Å²) in [5.41, 5.74) is 3.63. The molecule has 0 fully saturated rings.